The van der Waals surface area contributed by atoms with Gasteiger partial charge in [0.1, 0.15) is 0 Å². The number of methoxy groups -OCH3 is 1. The first-order valence-electron chi connectivity index (χ1n) is 5.42. The molecule has 0 saturated heterocycles. The molecule has 86 valence electrons. The van der Waals surface area contributed by atoms with Gasteiger partial charge in [-0.1, -0.05) is 36.3 Å². The zero-order valence-corrected chi connectivity index (χ0v) is 10.2. The van der Waals surface area contributed by atoms with Crippen LogP contribution in [0, 0.1) is 11.8 Å². The van der Waals surface area contributed by atoms with Gasteiger partial charge >= 0.3 is 0 Å². The summed E-state index contributed by atoms with van der Waals surface area (Å²) >= 11 is 0. The van der Waals surface area contributed by atoms with Crippen LogP contribution in [0.15, 0.2) is 30.3 Å². The molecule has 0 radical (unpaired) electrons. The molecule has 0 bridgehead atoms. The third-order valence-corrected chi connectivity index (χ3v) is 2.59. The van der Waals surface area contributed by atoms with Crippen molar-refractivity contribution < 1.29 is 4.74 Å². The molecule has 0 heterocycles. The first-order chi connectivity index (χ1) is 7.73. The van der Waals surface area contributed by atoms with Crippen LogP contribution in [0.2, 0.25) is 0 Å². The van der Waals surface area contributed by atoms with Crippen LogP contribution in [-0.2, 0) is 10.3 Å². The summed E-state index contributed by atoms with van der Waals surface area (Å²) in [5, 5.41) is 3.42. The van der Waals surface area contributed by atoms with Crippen LogP contribution in [0.3, 0.4) is 0 Å². The molecule has 0 unspecified atom stereocenters. The van der Waals surface area contributed by atoms with Crippen molar-refractivity contribution >= 4 is 0 Å². The summed E-state index contributed by atoms with van der Waals surface area (Å²) in [6.07, 6.45) is 0. The predicted molar refractivity (Wildman–Crippen MR) is 67.1 cm³/mol. The Labute approximate surface area is 98.0 Å². The topological polar surface area (TPSA) is 21.3 Å². The van der Waals surface area contributed by atoms with E-state index in [0.29, 0.717) is 13.2 Å². The fourth-order valence-electron chi connectivity index (χ4n) is 1.66. The van der Waals surface area contributed by atoms with Gasteiger partial charge in [0.05, 0.1) is 18.7 Å². The van der Waals surface area contributed by atoms with Crippen LogP contribution in [0.5, 0.6) is 0 Å². The van der Waals surface area contributed by atoms with E-state index < -0.39 is 0 Å². The third kappa shape index (κ3) is 3.37. The second-order valence-electron chi connectivity index (χ2n) is 3.91. The molecule has 0 spiro atoms. The molecular formula is C14H19NO. The SMILES string of the molecule is CC#CCN[C@](C)(COC)c1ccccc1. The van der Waals surface area contributed by atoms with Crippen molar-refractivity contribution in [2.24, 2.45) is 0 Å². The van der Waals surface area contributed by atoms with E-state index >= 15 is 0 Å². The van der Waals surface area contributed by atoms with Crippen molar-refractivity contribution in [2.45, 2.75) is 19.4 Å². The standard InChI is InChI=1S/C14H19NO/c1-4-5-11-15-14(2,12-16-3)13-9-7-6-8-10-13/h6-10,15H,11-12H2,1-3H3/t14-/m1/s1. The number of nitrogens with one attached hydrogen (secondary N) is 1. The first-order valence-corrected chi connectivity index (χ1v) is 5.42. The van der Waals surface area contributed by atoms with Gasteiger partial charge in [-0.3, -0.25) is 5.32 Å². The molecule has 1 aromatic carbocycles. The van der Waals surface area contributed by atoms with E-state index in [1.807, 2.05) is 25.1 Å². The highest BCUT2D eigenvalue weighted by atomic mass is 16.5. The van der Waals surface area contributed by atoms with Crippen molar-refractivity contribution in [3.8, 4) is 11.8 Å². The number of ether oxygens (including phenoxy) is 1. The van der Waals surface area contributed by atoms with Crippen LogP contribution < -0.4 is 5.32 Å². The lowest BCUT2D eigenvalue weighted by atomic mass is 9.93. The molecule has 0 aromatic heterocycles. The second kappa shape index (κ2) is 6.32. The summed E-state index contributed by atoms with van der Waals surface area (Å²) < 4.78 is 5.28. The summed E-state index contributed by atoms with van der Waals surface area (Å²) in [5.41, 5.74) is 1.04. The van der Waals surface area contributed by atoms with E-state index in [1.165, 1.54) is 5.56 Å². The lowest BCUT2D eigenvalue weighted by molar-refractivity contribution is 0.121. The lowest BCUT2D eigenvalue weighted by Gasteiger charge is -2.30. The fraction of sp³-hybridized carbons (Fsp3) is 0.429. The summed E-state index contributed by atoms with van der Waals surface area (Å²) in [4.78, 5) is 0. The third-order valence-electron chi connectivity index (χ3n) is 2.59. The minimum atomic E-state index is -0.181. The van der Waals surface area contributed by atoms with Crippen molar-refractivity contribution in [1.82, 2.24) is 5.32 Å². The quantitative estimate of drug-likeness (QED) is 0.763. The molecule has 2 nitrogen and oxygen atoms in total. The van der Waals surface area contributed by atoms with E-state index in [2.05, 4.69) is 36.2 Å². The van der Waals surface area contributed by atoms with Crippen molar-refractivity contribution in [1.29, 1.82) is 0 Å². The largest absolute Gasteiger partial charge is 0.382 e. The Balaban J connectivity index is 2.82. The molecule has 0 aliphatic heterocycles. The van der Waals surface area contributed by atoms with Gasteiger partial charge < -0.3 is 4.74 Å². The van der Waals surface area contributed by atoms with Crippen LogP contribution in [0.1, 0.15) is 19.4 Å². The molecule has 0 aliphatic rings. The van der Waals surface area contributed by atoms with Crippen LogP contribution in [-0.4, -0.2) is 20.3 Å². The van der Waals surface area contributed by atoms with E-state index in [0.717, 1.165) is 0 Å². The molecule has 0 amide bonds. The minimum absolute atomic E-state index is 0.181. The van der Waals surface area contributed by atoms with E-state index in [9.17, 15) is 0 Å². The van der Waals surface area contributed by atoms with Gasteiger partial charge in [0, 0.05) is 7.11 Å². The van der Waals surface area contributed by atoms with Crippen LogP contribution in [0.4, 0.5) is 0 Å². The van der Waals surface area contributed by atoms with Gasteiger partial charge in [-0.15, -0.1) is 5.92 Å². The Kier molecular flexibility index (Phi) is 5.04. The van der Waals surface area contributed by atoms with Gasteiger partial charge in [0.2, 0.25) is 0 Å². The van der Waals surface area contributed by atoms with Gasteiger partial charge in [-0.05, 0) is 19.4 Å². The number of rotatable bonds is 5. The molecule has 16 heavy (non-hydrogen) atoms. The Morgan fingerprint density at radius 1 is 1.31 bits per heavy atom. The summed E-state index contributed by atoms with van der Waals surface area (Å²) in [5.74, 6) is 5.90. The fourth-order valence-corrected chi connectivity index (χ4v) is 1.66. The molecule has 0 fully saturated rings. The number of hydrogen-bond acceptors (Lipinski definition) is 2. The lowest BCUT2D eigenvalue weighted by Crippen LogP contribution is -2.43. The van der Waals surface area contributed by atoms with Crippen molar-refractivity contribution in [2.75, 3.05) is 20.3 Å². The number of benzene rings is 1. The zero-order valence-electron chi connectivity index (χ0n) is 10.2. The monoisotopic (exact) mass is 217 g/mol. The number of hydrogen-bond donors (Lipinski definition) is 1. The van der Waals surface area contributed by atoms with Crippen LogP contribution >= 0.6 is 0 Å². The molecule has 1 rings (SSSR count). The highest BCUT2D eigenvalue weighted by Crippen LogP contribution is 2.20. The van der Waals surface area contributed by atoms with Crippen LogP contribution in [0.25, 0.3) is 0 Å². The Morgan fingerprint density at radius 3 is 2.56 bits per heavy atom. The molecule has 1 N–H and O–H groups in total. The normalized spacial score (nSPS) is 13.7. The highest BCUT2D eigenvalue weighted by Gasteiger charge is 2.25. The van der Waals surface area contributed by atoms with Gasteiger partial charge in [0.15, 0.2) is 0 Å². The highest BCUT2D eigenvalue weighted by molar-refractivity contribution is 5.24. The Morgan fingerprint density at radius 2 is 2.00 bits per heavy atom. The summed E-state index contributed by atoms with van der Waals surface area (Å²) in [6, 6.07) is 10.3. The molecule has 1 aromatic rings. The van der Waals surface area contributed by atoms with E-state index in [4.69, 9.17) is 4.74 Å². The smallest absolute Gasteiger partial charge is 0.0684 e. The Bertz CT molecular complexity index is 363. The summed E-state index contributed by atoms with van der Waals surface area (Å²) in [7, 11) is 1.72. The molecule has 1 atom stereocenters. The van der Waals surface area contributed by atoms with Gasteiger partial charge in [0.25, 0.3) is 0 Å². The zero-order chi connectivity index (χ0) is 11.9. The second-order valence-corrected chi connectivity index (χ2v) is 3.91. The van der Waals surface area contributed by atoms with E-state index in [1.54, 1.807) is 7.11 Å². The average molecular weight is 217 g/mol. The molecular weight excluding hydrogens is 198 g/mol. The van der Waals surface area contributed by atoms with E-state index in [-0.39, 0.29) is 5.54 Å². The first kappa shape index (κ1) is 12.8. The summed E-state index contributed by atoms with van der Waals surface area (Å²) in [6.45, 7) is 5.27. The Hall–Kier alpha value is -1.30. The average Bonchev–Trinajstić information content (AvgIpc) is 2.31. The maximum atomic E-state index is 5.28. The maximum absolute atomic E-state index is 5.28. The van der Waals surface area contributed by atoms with Crippen molar-refractivity contribution in [3.05, 3.63) is 35.9 Å². The maximum Gasteiger partial charge on any atom is 0.0684 e. The molecule has 0 saturated carbocycles. The molecule has 0 aliphatic carbocycles. The van der Waals surface area contributed by atoms with Gasteiger partial charge in [-0.25, -0.2) is 0 Å². The predicted octanol–water partition coefficient (Wildman–Crippen LogP) is 2.16. The van der Waals surface area contributed by atoms with Gasteiger partial charge in [-0.2, -0.15) is 0 Å². The molecule has 2 heteroatoms. The van der Waals surface area contributed by atoms with Crippen molar-refractivity contribution in [3.63, 3.8) is 0 Å². The minimum Gasteiger partial charge on any atom is -0.382 e.